The number of piperidine rings is 1. The summed E-state index contributed by atoms with van der Waals surface area (Å²) in [6, 6.07) is 16.4. The van der Waals surface area contributed by atoms with Crippen molar-refractivity contribution in [1.82, 2.24) is 4.90 Å². The first-order valence-electron chi connectivity index (χ1n) is 8.33. The van der Waals surface area contributed by atoms with Gasteiger partial charge in [-0.15, -0.1) is 0 Å². The van der Waals surface area contributed by atoms with Crippen LogP contribution >= 0.6 is 0 Å². The van der Waals surface area contributed by atoms with Gasteiger partial charge in [0.1, 0.15) is 11.6 Å². The van der Waals surface area contributed by atoms with Crippen LogP contribution in [-0.2, 0) is 6.54 Å². The molecule has 2 aromatic rings. The lowest BCUT2D eigenvalue weighted by atomic mass is 9.98. The Morgan fingerprint density at radius 1 is 1.21 bits per heavy atom. The molecule has 1 aliphatic heterocycles. The molecule has 0 bridgehead atoms. The van der Waals surface area contributed by atoms with Crippen LogP contribution in [0.15, 0.2) is 48.5 Å². The second-order valence-corrected chi connectivity index (χ2v) is 6.28. The topological polar surface area (TPSA) is 36.3 Å². The van der Waals surface area contributed by atoms with Crippen molar-refractivity contribution >= 4 is 0 Å². The summed E-state index contributed by atoms with van der Waals surface area (Å²) in [5.41, 5.74) is 1.32. The van der Waals surface area contributed by atoms with Crippen molar-refractivity contribution in [1.29, 1.82) is 5.26 Å². The standard InChI is InChI=1S/C20H21FN2O/c21-19-9-8-17(18(11-19)12-22)14-23-10-4-5-16(13-23)15-24-20-6-2-1-3-7-20/h1-3,6-9,11,16H,4-5,10,13-15H2. The summed E-state index contributed by atoms with van der Waals surface area (Å²) in [5.74, 6) is 1.02. The van der Waals surface area contributed by atoms with E-state index in [-0.39, 0.29) is 5.82 Å². The van der Waals surface area contributed by atoms with Gasteiger partial charge in [-0.05, 0) is 49.2 Å². The van der Waals surface area contributed by atoms with E-state index in [4.69, 9.17) is 4.74 Å². The molecule has 0 radical (unpaired) electrons. The molecule has 124 valence electrons. The molecule has 1 atom stereocenters. The third-order valence-electron chi connectivity index (χ3n) is 4.42. The van der Waals surface area contributed by atoms with Crippen molar-refractivity contribution in [2.24, 2.45) is 5.92 Å². The molecule has 2 aromatic carbocycles. The van der Waals surface area contributed by atoms with E-state index in [0.717, 1.165) is 37.2 Å². The van der Waals surface area contributed by atoms with Crippen molar-refractivity contribution in [2.75, 3.05) is 19.7 Å². The third kappa shape index (κ3) is 4.33. The molecular weight excluding hydrogens is 303 g/mol. The highest BCUT2D eigenvalue weighted by atomic mass is 19.1. The number of likely N-dealkylation sites (tertiary alicyclic amines) is 1. The van der Waals surface area contributed by atoms with Crippen molar-refractivity contribution in [3.8, 4) is 11.8 Å². The lowest BCUT2D eigenvalue weighted by Gasteiger charge is -2.32. The van der Waals surface area contributed by atoms with Crippen LogP contribution in [0, 0.1) is 23.1 Å². The summed E-state index contributed by atoms with van der Waals surface area (Å²) < 4.78 is 19.1. The molecule has 24 heavy (non-hydrogen) atoms. The third-order valence-corrected chi connectivity index (χ3v) is 4.42. The first kappa shape index (κ1) is 16.5. The van der Waals surface area contributed by atoms with Crippen LogP contribution in [0.25, 0.3) is 0 Å². The van der Waals surface area contributed by atoms with Crippen LogP contribution in [0.4, 0.5) is 4.39 Å². The Morgan fingerprint density at radius 2 is 2.04 bits per heavy atom. The largest absolute Gasteiger partial charge is 0.493 e. The van der Waals surface area contributed by atoms with Crippen LogP contribution in [-0.4, -0.2) is 24.6 Å². The summed E-state index contributed by atoms with van der Waals surface area (Å²) in [6.45, 7) is 3.33. The van der Waals surface area contributed by atoms with Gasteiger partial charge in [-0.1, -0.05) is 24.3 Å². The number of hydrogen-bond donors (Lipinski definition) is 0. The molecule has 1 unspecified atom stereocenters. The zero-order valence-corrected chi connectivity index (χ0v) is 13.6. The summed E-state index contributed by atoms with van der Waals surface area (Å²) in [7, 11) is 0. The lowest BCUT2D eigenvalue weighted by molar-refractivity contribution is 0.125. The fourth-order valence-electron chi connectivity index (χ4n) is 3.19. The first-order chi connectivity index (χ1) is 11.7. The molecule has 1 heterocycles. The number of halogens is 1. The van der Waals surface area contributed by atoms with Gasteiger partial charge in [0.2, 0.25) is 0 Å². The van der Waals surface area contributed by atoms with E-state index in [0.29, 0.717) is 24.6 Å². The summed E-state index contributed by atoms with van der Waals surface area (Å²) in [4.78, 5) is 2.33. The van der Waals surface area contributed by atoms with Gasteiger partial charge in [-0.2, -0.15) is 5.26 Å². The molecule has 1 saturated heterocycles. The maximum Gasteiger partial charge on any atom is 0.124 e. The highest BCUT2D eigenvalue weighted by Crippen LogP contribution is 2.21. The van der Waals surface area contributed by atoms with E-state index in [1.165, 1.54) is 12.1 Å². The molecule has 0 saturated carbocycles. The lowest BCUT2D eigenvalue weighted by Crippen LogP contribution is -2.37. The van der Waals surface area contributed by atoms with Crippen LogP contribution < -0.4 is 4.74 Å². The number of para-hydroxylation sites is 1. The average Bonchev–Trinajstić information content (AvgIpc) is 2.63. The van der Waals surface area contributed by atoms with E-state index in [1.54, 1.807) is 6.07 Å². The van der Waals surface area contributed by atoms with E-state index in [1.807, 2.05) is 30.3 Å². The predicted octanol–water partition coefficient (Wildman–Crippen LogP) is 3.99. The fourth-order valence-corrected chi connectivity index (χ4v) is 3.19. The molecule has 3 rings (SSSR count). The summed E-state index contributed by atoms with van der Waals surface area (Å²) >= 11 is 0. The first-order valence-corrected chi connectivity index (χ1v) is 8.33. The smallest absolute Gasteiger partial charge is 0.124 e. The van der Waals surface area contributed by atoms with Gasteiger partial charge in [-0.3, -0.25) is 4.90 Å². The van der Waals surface area contributed by atoms with E-state index >= 15 is 0 Å². The Bertz CT molecular complexity index is 711. The minimum Gasteiger partial charge on any atom is -0.493 e. The molecule has 0 aliphatic carbocycles. The molecule has 0 amide bonds. The van der Waals surface area contributed by atoms with Crippen molar-refractivity contribution in [3.63, 3.8) is 0 Å². The quantitative estimate of drug-likeness (QED) is 0.834. The van der Waals surface area contributed by atoms with Gasteiger partial charge in [0, 0.05) is 19.0 Å². The zero-order valence-electron chi connectivity index (χ0n) is 13.6. The van der Waals surface area contributed by atoms with E-state index in [2.05, 4.69) is 11.0 Å². The number of nitriles is 1. The van der Waals surface area contributed by atoms with Crippen molar-refractivity contribution in [3.05, 3.63) is 65.5 Å². The monoisotopic (exact) mass is 324 g/mol. The number of nitrogens with zero attached hydrogens (tertiary/aromatic N) is 2. The molecule has 4 heteroatoms. The van der Waals surface area contributed by atoms with Crippen molar-refractivity contribution in [2.45, 2.75) is 19.4 Å². The van der Waals surface area contributed by atoms with Gasteiger partial charge in [0.05, 0.1) is 18.2 Å². The maximum absolute atomic E-state index is 13.3. The molecule has 0 spiro atoms. The van der Waals surface area contributed by atoms with Gasteiger partial charge < -0.3 is 4.74 Å². The summed E-state index contributed by atoms with van der Waals surface area (Å²) in [5, 5.41) is 9.18. The minimum absolute atomic E-state index is 0.358. The molecule has 0 N–H and O–H groups in total. The number of hydrogen-bond acceptors (Lipinski definition) is 3. The maximum atomic E-state index is 13.3. The highest BCUT2D eigenvalue weighted by molar-refractivity contribution is 5.37. The summed E-state index contributed by atoms with van der Waals surface area (Å²) in [6.07, 6.45) is 2.27. The predicted molar refractivity (Wildman–Crippen MR) is 91.1 cm³/mol. The molecule has 1 fully saturated rings. The molecular formula is C20H21FN2O. The molecule has 1 aliphatic rings. The highest BCUT2D eigenvalue weighted by Gasteiger charge is 2.21. The normalized spacial score (nSPS) is 18.1. The Labute approximate surface area is 142 Å². The Morgan fingerprint density at radius 3 is 2.83 bits per heavy atom. The molecule has 0 aromatic heterocycles. The van der Waals surface area contributed by atoms with E-state index in [9.17, 15) is 9.65 Å². The zero-order chi connectivity index (χ0) is 16.8. The molecule has 3 nitrogen and oxygen atoms in total. The van der Waals surface area contributed by atoms with Crippen molar-refractivity contribution < 1.29 is 9.13 Å². The van der Waals surface area contributed by atoms with Crippen LogP contribution in [0.3, 0.4) is 0 Å². The van der Waals surface area contributed by atoms with Gasteiger partial charge in [0.25, 0.3) is 0 Å². The van der Waals surface area contributed by atoms with Gasteiger partial charge in [0.15, 0.2) is 0 Å². The van der Waals surface area contributed by atoms with Crippen LogP contribution in [0.2, 0.25) is 0 Å². The Kier molecular flexibility index (Phi) is 5.45. The second kappa shape index (κ2) is 7.94. The Balaban J connectivity index is 1.57. The SMILES string of the molecule is N#Cc1cc(F)ccc1CN1CCCC(COc2ccccc2)C1. The van der Waals surface area contributed by atoms with E-state index < -0.39 is 0 Å². The number of ether oxygens (including phenoxy) is 1. The van der Waals surface area contributed by atoms with Crippen LogP contribution in [0.1, 0.15) is 24.0 Å². The van der Waals surface area contributed by atoms with Gasteiger partial charge in [-0.25, -0.2) is 4.39 Å². The minimum atomic E-state index is -0.358. The second-order valence-electron chi connectivity index (χ2n) is 6.28. The Hall–Kier alpha value is -2.38. The fraction of sp³-hybridized carbons (Fsp3) is 0.350. The van der Waals surface area contributed by atoms with Gasteiger partial charge >= 0.3 is 0 Å². The number of benzene rings is 2. The number of rotatable bonds is 5. The average molecular weight is 324 g/mol. The van der Waals surface area contributed by atoms with Crippen LogP contribution in [0.5, 0.6) is 5.75 Å².